The Balaban J connectivity index is 2.03. The molecule has 188 valence electrons. The average molecular weight is 497 g/mol. The lowest BCUT2D eigenvalue weighted by Crippen LogP contribution is -2.34. The second-order valence-corrected chi connectivity index (χ2v) is 9.67. The highest BCUT2D eigenvalue weighted by Gasteiger charge is 2.38. The number of ether oxygens (including phenoxy) is 2. The molecule has 1 heterocycles. The Morgan fingerprint density at radius 3 is 2.62 bits per heavy atom. The minimum Gasteiger partial charge on any atom is -0.462 e. The van der Waals surface area contributed by atoms with Crippen LogP contribution in [0.15, 0.2) is 42.6 Å². The highest BCUT2D eigenvalue weighted by atomic mass is 31.2. The monoisotopic (exact) mass is 497 g/mol. The molecule has 2 amide bonds. The van der Waals surface area contributed by atoms with Crippen LogP contribution in [0.2, 0.25) is 0 Å². The van der Waals surface area contributed by atoms with Crippen molar-refractivity contribution in [2.45, 2.75) is 45.6 Å². The summed E-state index contributed by atoms with van der Waals surface area (Å²) < 4.78 is 35.5. The van der Waals surface area contributed by atoms with Crippen molar-refractivity contribution in [1.29, 1.82) is 0 Å². The highest BCUT2D eigenvalue weighted by molar-refractivity contribution is 7.52. The van der Waals surface area contributed by atoms with Crippen molar-refractivity contribution in [2.75, 3.05) is 20.2 Å². The number of likely N-dealkylation sites (N-methyl/N-ethyl adjacent to an activating group) is 1. The summed E-state index contributed by atoms with van der Waals surface area (Å²) in [5, 5.41) is 4.96. The maximum absolute atomic E-state index is 13.4. The lowest BCUT2D eigenvalue weighted by molar-refractivity contribution is -0.146. The molecule has 1 aliphatic heterocycles. The van der Waals surface area contributed by atoms with Crippen molar-refractivity contribution in [3.05, 3.63) is 42.6 Å². The summed E-state index contributed by atoms with van der Waals surface area (Å²) in [6.07, 6.45) is 2.16. The molecule has 0 aliphatic carbocycles. The van der Waals surface area contributed by atoms with E-state index in [1.807, 2.05) is 6.92 Å². The van der Waals surface area contributed by atoms with Gasteiger partial charge in [0.1, 0.15) is 18.5 Å². The molecule has 0 saturated carbocycles. The van der Waals surface area contributed by atoms with E-state index in [1.165, 1.54) is 24.2 Å². The van der Waals surface area contributed by atoms with Gasteiger partial charge in [0.25, 0.3) is 0 Å². The molecular formula is C22H32N3O8P. The average Bonchev–Trinajstić information content (AvgIpc) is 3.17. The van der Waals surface area contributed by atoms with Crippen molar-refractivity contribution < 1.29 is 37.5 Å². The molecule has 1 aliphatic rings. The minimum absolute atomic E-state index is 0.0865. The van der Waals surface area contributed by atoms with Gasteiger partial charge in [-0.15, -0.1) is 0 Å². The number of carbonyl (C=O) groups is 3. The van der Waals surface area contributed by atoms with E-state index >= 15 is 0 Å². The number of hydrogen-bond acceptors (Lipinski definition) is 8. The Morgan fingerprint density at radius 1 is 1.29 bits per heavy atom. The summed E-state index contributed by atoms with van der Waals surface area (Å²) in [5.41, 5.74) is 0. The van der Waals surface area contributed by atoms with Gasteiger partial charge in [0.05, 0.1) is 18.8 Å². The van der Waals surface area contributed by atoms with Crippen LogP contribution in [0.3, 0.4) is 0 Å². The largest absolute Gasteiger partial charge is 0.462 e. The lowest BCUT2D eigenvalue weighted by atomic mass is 10.1. The summed E-state index contributed by atoms with van der Waals surface area (Å²) in [6.45, 7) is 4.79. The zero-order valence-electron chi connectivity index (χ0n) is 19.7. The summed E-state index contributed by atoms with van der Waals surface area (Å²) in [6, 6.07) is 8.40. The Hall–Kier alpha value is -2.72. The third-order valence-corrected chi connectivity index (χ3v) is 6.18. The zero-order valence-corrected chi connectivity index (χ0v) is 20.6. The number of esters is 1. The van der Waals surface area contributed by atoms with Gasteiger partial charge in [-0.2, -0.15) is 0 Å². The van der Waals surface area contributed by atoms with Gasteiger partial charge in [-0.1, -0.05) is 25.1 Å². The van der Waals surface area contributed by atoms with E-state index < -0.39 is 26.0 Å². The number of amides is 2. The molecule has 1 aromatic carbocycles. The fourth-order valence-electron chi connectivity index (χ4n) is 3.18. The predicted molar refractivity (Wildman–Crippen MR) is 123 cm³/mol. The van der Waals surface area contributed by atoms with Crippen molar-refractivity contribution >= 4 is 26.0 Å². The molecule has 11 nitrogen and oxygen atoms in total. The molecule has 12 heteroatoms. The number of benzene rings is 1. The third-order valence-electron chi connectivity index (χ3n) is 4.70. The lowest BCUT2D eigenvalue weighted by Gasteiger charge is -2.24. The number of hydrogen-bond donors (Lipinski definition) is 2. The van der Waals surface area contributed by atoms with E-state index in [9.17, 15) is 18.9 Å². The smallest absolute Gasteiger partial charge is 0.459 e. The van der Waals surface area contributed by atoms with E-state index in [1.54, 1.807) is 44.2 Å². The molecule has 2 N–H and O–H groups in total. The third kappa shape index (κ3) is 8.90. The molecule has 4 atom stereocenters. The maximum atomic E-state index is 13.4. The quantitative estimate of drug-likeness (QED) is 0.182. The van der Waals surface area contributed by atoms with Crippen LogP contribution < -0.4 is 14.9 Å². The van der Waals surface area contributed by atoms with Crippen LogP contribution in [0.4, 0.5) is 0 Å². The van der Waals surface area contributed by atoms with Gasteiger partial charge in [-0.05, 0) is 32.4 Å². The van der Waals surface area contributed by atoms with E-state index in [-0.39, 0.29) is 31.1 Å². The highest BCUT2D eigenvalue weighted by Crippen LogP contribution is 2.45. The van der Waals surface area contributed by atoms with Gasteiger partial charge in [0.15, 0.2) is 0 Å². The number of para-hydroxylation sites is 1. The minimum atomic E-state index is -3.97. The Bertz CT molecular complexity index is 895. The van der Waals surface area contributed by atoms with E-state index in [4.69, 9.17) is 18.5 Å². The van der Waals surface area contributed by atoms with Gasteiger partial charge in [-0.25, -0.2) is 9.65 Å². The molecule has 2 rings (SSSR count). The molecule has 0 aromatic heterocycles. The van der Waals surface area contributed by atoms with E-state index in [2.05, 4.69) is 10.4 Å². The van der Waals surface area contributed by atoms with Gasteiger partial charge >= 0.3 is 13.7 Å². The summed E-state index contributed by atoms with van der Waals surface area (Å²) in [7, 11) is -2.49. The van der Waals surface area contributed by atoms with Crippen molar-refractivity contribution in [1.82, 2.24) is 15.3 Å². The van der Waals surface area contributed by atoms with Crippen LogP contribution in [0.5, 0.6) is 5.75 Å². The van der Waals surface area contributed by atoms with Crippen LogP contribution in [0, 0.1) is 5.92 Å². The van der Waals surface area contributed by atoms with Gasteiger partial charge in [0.2, 0.25) is 12.3 Å². The van der Waals surface area contributed by atoms with Crippen molar-refractivity contribution in [3.63, 3.8) is 0 Å². The number of nitrogens with one attached hydrogen (secondary N) is 2. The number of carbonyl (C=O) groups excluding carboxylic acids is 3. The second kappa shape index (κ2) is 13.2. The van der Waals surface area contributed by atoms with E-state index in [0.717, 1.165) is 0 Å². The van der Waals surface area contributed by atoms with Crippen LogP contribution >= 0.6 is 7.75 Å². The first kappa shape index (κ1) is 27.5. The number of nitrogens with zero attached hydrogens (tertiary/aromatic N) is 1. The normalized spacial score (nSPS) is 21.7. The molecular weight excluding hydrogens is 465 g/mol. The van der Waals surface area contributed by atoms with Crippen molar-refractivity contribution in [3.8, 4) is 5.75 Å². The fourth-order valence-corrected chi connectivity index (χ4v) is 4.47. The number of rotatable bonds is 13. The van der Waals surface area contributed by atoms with Gasteiger partial charge < -0.3 is 19.3 Å². The molecule has 1 fully saturated rings. The maximum Gasteiger partial charge on any atom is 0.459 e. The first-order valence-corrected chi connectivity index (χ1v) is 12.4. The van der Waals surface area contributed by atoms with Crippen molar-refractivity contribution in [2.24, 2.45) is 5.92 Å². The van der Waals surface area contributed by atoms with Crippen LogP contribution in [0.25, 0.3) is 0 Å². The molecule has 34 heavy (non-hydrogen) atoms. The fraction of sp³-hybridized carbons (Fsp3) is 0.500. The Kier molecular flexibility index (Phi) is 10.7. The predicted octanol–water partition coefficient (Wildman–Crippen LogP) is 2.20. The van der Waals surface area contributed by atoms with Crippen LogP contribution in [-0.4, -0.2) is 61.8 Å². The first-order chi connectivity index (χ1) is 16.2. The molecule has 1 aromatic rings. The SMILES string of the molecule is CNC(=O)/C=C\N(C=O)C1OC(COP(=O)(NCC(=O)OC(C)C)Oc2ccccc2)CC1C. The van der Waals surface area contributed by atoms with Crippen LogP contribution in [-0.2, 0) is 32.9 Å². The van der Waals surface area contributed by atoms with Crippen LogP contribution in [0.1, 0.15) is 27.2 Å². The molecule has 0 radical (unpaired) electrons. The summed E-state index contributed by atoms with van der Waals surface area (Å²) >= 11 is 0. The Labute approximate surface area is 199 Å². The van der Waals surface area contributed by atoms with Gasteiger partial charge in [0, 0.05) is 25.2 Å². The molecule has 1 saturated heterocycles. The van der Waals surface area contributed by atoms with E-state index in [0.29, 0.717) is 18.6 Å². The molecule has 0 bridgehead atoms. The topological polar surface area (TPSA) is 132 Å². The summed E-state index contributed by atoms with van der Waals surface area (Å²) in [4.78, 5) is 36.1. The first-order valence-electron chi connectivity index (χ1n) is 10.9. The Morgan fingerprint density at radius 2 is 2.00 bits per heavy atom. The molecule has 4 unspecified atom stereocenters. The molecule has 0 spiro atoms. The standard InChI is InChI=1S/C22H32N3O8P/c1-16(2)31-21(28)13-24-34(29,33-18-8-6-5-7-9-18)30-14-19-12-17(3)22(32-19)25(15-26)11-10-20(27)23-4/h5-11,15-17,19,22H,12-14H2,1-4H3,(H,23,27)(H,24,29)/b11-10-. The second-order valence-electron chi connectivity index (χ2n) is 7.92. The zero-order chi connectivity index (χ0) is 25.1. The summed E-state index contributed by atoms with van der Waals surface area (Å²) in [5.74, 6) is -0.763. The van der Waals surface area contributed by atoms with Gasteiger partial charge in [-0.3, -0.25) is 23.8 Å².